The van der Waals surface area contributed by atoms with Gasteiger partial charge in [-0.3, -0.25) is 9.44 Å². The predicted octanol–water partition coefficient (Wildman–Crippen LogP) is 2.68. The number of hydrogen-bond acceptors (Lipinski definition) is 6. The second-order valence-electron chi connectivity index (χ2n) is 6.59. The van der Waals surface area contributed by atoms with Crippen LogP contribution >= 0.6 is 0 Å². The molecule has 0 amide bonds. The number of phenols is 2. The van der Waals surface area contributed by atoms with E-state index in [1.54, 1.807) is 26.0 Å². The standard InChI is InChI=1S/C18H24N2O6S2/c1-13-5-7-17(21)15(11-13)19-27(23,24)9-3-4-10-28(25,26)20-16-12-14(2)6-8-18(16)22/h5-8,11-12,19-22H,3-4,9-10H2,1-2H3. The summed E-state index contributed by atoms with van der Waals surface area (Å²) in [6.07, 6.45) is 0.227. The molecular formula is C18H24N2O6S2. The van der Waals surface area contributed by atoms with Crippen molar-refractivity contribution in [3.05, 3.63) is 47.5 Å². The minimum Gasteiger partial charge on any atom is -0.506 e. The highest BCUT2D eigenvalue weighted by Gasteiger charge is 2.16. The monoisotopic (exact) mass is 428 g/mol. The third-order valence-corrected chi connectivity index (χ3v) is 6.63. The fourth-order valence-electron chi connectivity index (χ4n) is 2.48. The molecule has 0 saturated carbocycles. The predicted molar refractivity (Wildman–Crippen MR) is 110 cm³/mol. The van der Waals surface area contributed by atoms with Crippen LogP contribution in [0.1, 0.15) is 24.0 Å². The molecule has 2 aromatic carbocycles. The van der Waals surface area contributed by atoms with E-state index in [0.29, 0.717) is 0 Å². The van der Waals surface area contributed by atoms with Gasteiger partial charge in [0.2, 0.25) is 20.0 Å². The highest BCUT2D eigenvalue weighted by Crippen LogP contribution is 2.26. The van der Waals surface area contributed by atoms with Gasteiger partial charge in [-0.15, -0.1) is 0 Å². The number of nitrogens with one attached hydrogen (secondary N) is 2. The first-order valence-electron chi connectivity index (χ1n) is 8.58. The van der Waals surface area contributed by atoms with Gasteiger partial charge in [0.05, 0.1) is 22.9 Å². The summed E-state index contributed by atoms with van der Waals surface area (Å²) in [6, 6.07) is 9.11. The van der Waals surface area contributed by atoms with E-state index in [4.69, 9.17) is 0 Å². The Bertz CT molecular complexity index is 964. The highest BCUT2D eigenvalue weighted by atomic mass is 32.2. The van der Waals surface area contributed by atoms with E-state index in [-0.39, 0.29) is 47.2 Å². The van der Waals surface area contributed by atoms with Gasteiger partial charge in [0.1, 0.15) is 11.5 Å². The topological polar surface area (TPSA) is 133 Å². The van der Waals surface area contributed by atoms with Crippen LogP contribution in [0.15, 0.2) is 36.4 Å². The molecule has 28 heavy (non-hydrogen) atoms. The molecule has 8 nitrogen and oxygen atoms in total. The van der Waals surface area contributed by atoms with E-state index in [0.717, 1.165) is 11.1 Å². The molecule has 2 rings (SSSR count). The zero-order chi connectivity index (χ0) is 20.9. The molecule has 4 N–H and O–H groups in total. The summed E-state index contributed by atoms with van der Waals surface area (Å²) in [5.74, 6) is -0.935. The summed E-state index contributed by atoms with van der Waals surface area (Å²) in [5.41, 5.74) is 1.74. The third-order valence-electron chi connectivity index (χ3n) is 3.91. The number of aryl methyl sites for hydroxylation is 2. The fourth-order valence-corrected chi connectivity index (χ4v) is 4.85. The molecule has 0 unspecified atom stereocenters. The van der Waals surface area contributed by atoms with Crippen LogP contribution in [0, 0.1) is 13.8 Å². The van der Waals surface area contributed by atoms with Crippen molar-refractivity contribution in [2.75, 3.05) is 20.9 Å². The van der Waals surface area contributed by atoms with Crippen molar-refractivity contribution in [3.8, 4) is 11.5 Å². The van der Waals surface area contributed by atoms with E-state index in [9.17, 15) is 27.0 Å². The zero-order valence-electron chi connectivity index (χ0n) is 15.6. The number of phenolic OH excluding ortho intramolecular Hbond substituents is 2. The van der Waals surface area contributed by atoms with Crippen molar-refractivity contribution in [1.82, 2.24) is 0 Å². The first kappa shape index (κ1) is 21.8. The maximum Gasteiger partial charge on any atom is 0.232 e. The number of unbranched alkanes of at least 4 members (excludes halogenated alkanes) is 1. The number of benzene rings is 2. The van der Waals surface area contributed by atoms with Gasteiger partial charge in [0, 0.05) is 0 Å². The summed E-state index contributed by atoms with van der Waals surface area (Å²) in [5, 5.41) is 19.4. The summed E-state index contributed by atoms with van der Waals surface area (Å²) < 4.78 is 53.2. The summed E-state index contributed by atoms with van der Waals surface area (Å²) in [6.45, 7) is 3.53. The molecule has 0 spiro atoms. The van der Waals surface area contributed by atoms with Crippen LogP contribution < -0.4 is 9.44 Å². The number of anilines is 2. The highest BCUT2D eigenvalue weighted by molar-refractivity contribution is 7.93. The molecule has 0 fully saturated rings. The lowest BCUT2D eigenvalue weighted by Crippen LogP contribution is -2.20. The lowest BCUT2D eigenvalue weighted by atomic mass is 10.2. The minimum atomic E-state index is -3.73. The van der Waals surface area contributed by atoms with Gasteiger partial charge < -0.3 is 10.2 Å². The van der Waals surface area contributed by atoms with E-state index < -0.39 is 20.0 Å². The normalized spacial score (nSPS) is 11.9. The van der Waals surface area contributed by atoms with Crippen LogP contribution in [0.4, 0.5) is 11.4 Å². The van der Waals surface area contributed by atoms with Crippen LogP contribution in [-0.4, -0.2) is 38.6 Å². The van der Waals surface area contributed by atoms with Gasteiger partial charge in [-0.2, -0.15) is 0 Å². The zero-order valence-corrected chi connectivity index (χ0v) is 17.3. The van der Waals surface area contributed by atoms with E-state index in [2.05, 4.69) is 9.44 Å². The number of sulfonamides is 2. The first-order valence-corrected chi connectivity index (χ1v) is 11.9. The SMILES string of the molecule is Cc1ccc(O)c(NS(=O)(=O)CCCCS(=O)(=O)Nc2cc(C)ccc2O)c1. The van der Waals surface area contributed by atoms with Gasteiger partial charge in [0.15, 0.2) is 0 Å². The molecule has 0 radical (unpaired) electrons. The average Bonchev–Trinajstić information content (AvgIpc) is 2.58. The Kier molecular flexibility index (Phi) is 6.78. The van der Waals surface area contributed by atoms with Gasteiger partial charge in [-0.05, 0) is 62.1 Å². The maximum absolute atomic E-state index is 12.1. The molecule has 0 bridgehead atoms. The lowest BCUT2D eigenvalue weighted by molar-refractivity contribution is 0.477. The van der Waals surface area contributed by atoms with Crippen molar-refractivity contribution >= 4 is 31.4 Å². The smallest absolute Gasteiger partial charge is 0.232 e. The summed E-state index contributed by atoms with van der Waals surface area (Å²) in [7, 11) is -7.46. The molecule has 0 aliphatic rings. The summed E-state index contributed by atoms with van der Waals surface area (Å²) in [4.78, 5) is 0. The van der Waals surface area contributed by atoms with Crippen molar-refractivity contribution in [2.24, 2.45) is 0 Å². The van der Waals surface area contributed by atoms with Crippen LogP contribution in [0.25, 0.3) is 0 Å². The number of rotatable bonds is 9. The Hall–Kier alpha value is -2.46. The van der Waals surface area contributed by atoms with Crippen molar-refractivity contribution in [2.45, 2.75) is 26.7 Å². The van der Waals surface area contributed by atoms with Crippen molar-refractivity contribution < 1.29 is 27.0 Å². The van der Waals surface area contributed by atoms with E-state index in [1.165, 1.54) is 24.3 Å². The largest absolute Gasteiger partial charge is 0.506 e. The Morgan fingerprint density at radius 2 is 1.07 bits per heavy atom. The van der Waals surface area contributed by atoms with Crippen molar-refractivity contribution in [1.29, 1.82) is 0 Å². The second kappa shape index (κ2) is 8.70. The molecule has 0 aromatic heterocycles. The van der Waals surface area contributed by atoms with Gasteiger partial charge >= 0.3 is 0 Å². The molecule has 10 heteroatoms. The Morgan fingerprint density at radius 1 is 0.714 bits per heavy atom. The van der Waals surface area contributed by atoms with Crippen LogP contribution in [0.5, 0.6) is 11.5 Å². The fraction of sp³-hybridized carbons (Fsp3) is 0.333. The maximum atomic E-state index is 12.1. The minimum absolute atomic E-state index is 0.0872. The molecular weight excluding hydrogens is 404 g/mol. The number of hydrogen-bond donors (Lipinski definition) is 4. The van der Waals surface area contributed by atoms with Crippen LogP contribution in [-0.2, 0) is 20.0 Å². The lowest BCUT2D eigenvalue weighted by Gasteiger charge is -2.11. The quantitative estimate of drug-likeness (QED) is 0.358. The van der Waals surface area contributed by atoms with Crippen LogP contribution in [0.2, 0.25) is 0 Å². The molecule has 0 saturated heterocycles. The molecule has 0 heterocycles. The number of aromatic hydroxyl groups is 2. The van der Waals surface area contributed by atoms with Crippen molar-refractivity contribution in [3.63, 3.8) is 0 Å². The van der Waals surface area contributed by atoms with Gasteiger partial charge in [0.25, 0.3) is 0 Å². The first-order chi connectivity index (χ1) is 13.0. The van der Waals surface area contributed by atoms with Gasteiger partial charge in [-0.1, -0.05) is 12.1 Å². The Morgan fingerprint density at radius 3 is 1.43 bits per heavy atom. The Labute approximate surface area is 165 Å². The molecule has 0 aliphatic heterocycles. The third kappa shape index (κ3) is 6.61. The van der Waals surface area contributed by atoms with E-state index >= 15 is 0 Å². The second-order valence-corrected chi connectivity index (χ2v) is 10.3. The molecule has 2 aromatic rings. The molecule has 0 atom stereocenters. The average molecular weight is 429 g/mol. The van der Waals surface area contributed by atoms with Gasteiger partial charge in [-0.25, -0.2) is 16.8 Å². The summed E-state index contributed by atoms with van der Waals surface area (Å²) >= 11 is 0. The molecule has 0 aliphatic carbocycles. The van der Waals surface area contributed by atoms with E-state index in [1.807, 2.05) is 0 Å². The Balaban J connectivity index is 1.88. The molecule has 154 valence electrons. The van der Waals surface area contributed by atoms with Crippen LogP contribution in [0.3, 0.4) is 0 Å².